The summed E-state index contributed by atoms with van der Waals surface area (Å²) in [5.74, 6) is 6.36. The summed E-state index contributed by atoms with van der Waals surface area (Å²) in [7, 11) is 1.61. The molecule has 19 heavy (non-hydrogen) atoms. The fraction of sp³-hybridized carbons (Fsp3) is 0.375. The quantitative estimate of drug-likeness (QED) is 0.446. The van der Waals surface area contributed by atoms with Crippen molar-refractivity contribution in [3.8, 4) is 11.8 Å². The van der Waals surface area contributed by atoms with Gasteiger partial charge < -0.3 is 9.47 Å². The van der Waals surface area contributed by atoms with Gasteiger partial charge in [0.05, 0.1) is 6.10 Å². The summed E-state index contributed by atoms with van der Waals surface area (Å²) >= 11 is 3.45. The number of benzene rings is 1. The zero-order valence-corrected chi connectivity index (χ0v) is 13.0. The molecule has 0 radical (unpaired) electrons. The smallest absolute Gasteiger partial charge is 0.147 e. The van der Waals surface area contributed by atoms with Crippen molar-refractivity contribution in [2.75, 3.05) is 13.9 Å². The molecule has 0 saturated carbocycles. The lowest BCUT2D eigenvalue weighted by Gasteiger charge is -2.10. The van der Waals surface area contributed by atoms with Crippen LogP contribution >= 0.6 is 15.9 Å². The van der Waals surface area contributed by atoms with Crippen LogP contribution in [0.5, 0.6) is 0 Å². The van der Waals surface area contributed by atoms with Crippen LogP contribution in [0.25, 0.3) is 0 Å². The summed E-state index contributed by atoms with van der Waals surface area (Å²) in [6, 6.07) is 6.12. The van der Waals surface area contributed by atoms with E-state index in [9.17, 15) is 0 Å². The number of ether oxygens (including phenoxy) is 2. The highest BCUT2D eigenvalue weighted by Gasteiger charge is 2.02. The molecule has 1 unspecified atom stereocenters. The number of aryl methyl sites for hydroxylation is 1. The molecule has 0 spiro atoms. The van der Waals surface area contributed by atoms with Crippen LogP contribution in [-0.4, -0.2) is 20.0 Å². The summed E-state index contributed by atoms with van der Waals surface area (Å²) in [5.41, 5.74) is 2.24. The van der Waals surface area contributed by atoms with Crippen molar-refractivity contribution in [1.82, 2.24) is 0 Å². The van der Waals surface area contributed by atoms with E-state index >= 15 is 0 Å². The van der Waals surface area contributed by atoms with E-state index in [0.29, 0.717) is 0 Å². The first-order valence-corrected chi connectivity index (χ1v) is 6.94. The minimum Gasteiger partial charge on any atom is -0.359 e. The van der Waals surface area contributed by atoms with Gasteiger partial charge in [-0.05, 0) is 31.0 Å². The second-order valence-electron chi connectivity index (χ2n) is 4.15. The van der Waals surface area contributed by atoms with Gasteiger partial charge in [0, 0.05) is 23.6 Å². The van der Waals surface area contributed by atoms with Gasteiger partial charge in [0.1, 0.15) is 6.79 Å². The van der Waals surface area contributed by atoms with E-state index in [-0.39, 0.29) is 12.9 Å². The molecule has 0 heterocycles. The summed E-state index contributed by atoms with van der Waals surface area (Å²) in [6.45, 7) is 6.09. The number of methoxy groups -OCH3 is 1. The molecule has 0 aliphatic carbocycles. The van der Waals surface area contributed by atoms with Gasteiger partial charge in [-0.2, -0.15) is 0 Å². The van der Waals surface area contributed by atoms with E-state index in [4.69, 9.17) is 9.47 Å². The molecule has 1 aromatic carbocycles. The predicted molar refractivity (Wildman–Crippen MR) is 81.9 cm³/mol. The standard InChI is InChI=1S/C16H19BrO2/c1-4-16(19-12-18-3)8-6-5-7-14-11-15(17)10-9-13(14)2/h4,9-11,16H,1,6,8,12H2,2-3H3. The van der Waals surface area contributed by atoms with E-state index in [1.807, 2.05) is 12.1 Å². The molecule has 0 aromatic heterocycles. The first-order valence-electron chi connectivity index (χ1n) is 6.15. The largest absolute Gasteiger partial charge is 0.359 e. The molecular formula is C16H19BrO2. The Morgan fingerprint density at radius 1 is 1.47 bits per heavy atom. The first kappa shape index (κ1) is 16.0. The lowest BCUT2D eigenvalue weighted by Crippen LogP contribution is -2.11. The van der Waals surface area contributed by atoms with Crippen LogP contribution in [0, 0.1) is 18.8 Å². The molecule has 0 aliphatic rings. The van der Waals surface area contributed by atoms with E-state index < -0.39 is 0 Å². The average molecular weight is 323 g/mol. The molecule has 102 valence electrons. The molecule has 3 heteroatoms. The molecule has 0 bridgehead atoms. The van der Waals surface area contributed by atoms with Crippen LogP contribution in [0.2, 0.25) is 0 Å². The fourth-order valence-corrected chi connectivity index (χ4v) is 1.89. The van der Waals surface area contributed by atoms with Gasteiger partial charge in [0.25, 0.3) is 0 Å². The molecule has 0 fully saturated rings. The Kier molecular flexibility index (Phi) is 7.50. The summed E-state index contributed by atoms with van der Waals surface area (Å²) < 4.78 is 11.3. The molecular weight excluding hydrogens is 304 g/mol. The molecule has 1 rings (SSSR count). The van der Waals surface area contributed by atoms with E-state index in [2.05, 4.69) is 47.3 Å². The highest BCUT2D eigenvalue weighted by atomic mass is 79.9. The Labute approximate surface area is 123 Å². The molecule has 0 aliphatic heterocycles. The van der Waals surface area contributed by atoms with E-state index in [1.165, 1.54) is 5.56 Å². The Hall–Kier alpha value is -1.08. The molecule has 0 N–H and O–H groups in total. The van der Waals surface area contributed by atoms with Crippen LogP contribution in [0.3, 0.4) is 0 Å². The Morgan fingerprint density at radius 3 is 2.95 bits per heavy atom. The maximum Gasteiger partial charge on any atom is 0.147 e. The lowest BCUT2D eigenvalue weighted by molar-refractivity contribution is -0.0569. The number of hydrogen-bond donors (Lipinski definition) is 0. The van der Waals surface area contributed by atoms with Gasteiger partial charge >= 0.3 is 0 Å². The zero-order chi connectivity index (χ0) is 14.1. The maximum atomic E-state index is 5.42. The van der Waals surface area contributed by atoms with Crippen LogP contribution < -0.4 is 0 Å². The van der Waals surface area contributed by atoms with Crippen molar-refractivity contribution >= 4 is 15.9 Å². The van der Waals surface area contributed by atoms with Crippen molar-refractivity contribution in [1.29, 1.82) is 0 Å². The second-order valence-corrected chi connectivity index (χ2v) is 5.06. The highest BCUT2D eigenvalue weighted by molar-refractivity contribution is 9.10. The monoisotopic (exact) mass is 322 g/mol. The topological polar surface area (TPSA) is 18.5 Å². The first-order chi connectivity index (χ1) is 9.17. The van der Waals surface area contributed by atoms with Crippen molar-refractivity contribution < 1.29 is 9.47 Å². The predicted octanol–water partition coefficient (Wildman–Crippen LogP) is 4.06. The third kappa shape index (κ3) is 6.07. The van der Waals surface area contributed by atoms with E-state index in [1.54, 1.807) is 13.2 Å². The van der Waals surface area contributed by atoms with Gasteiger partial charge in [-0.25, -0.2) is 0 Å². The lowest BCUT2D eigenvalue weighted by atomic mass is 10.1. The third-order valence-corrected chi connectivity index (χ3v) is 3.13. The Bertz CT molecular complexity index is 471. The SMILES string of the molecule is C=CC(CCC#Cc1cc(Br)ccc1C)OCOC. The molecule has 1 atom stereocenters. The Balaban J connectivity index is 2.50. The van der Waals surface area contributed by atoms with Gasteiger partial charge in [-0.15, -0.1) is 6.58 Å². The zero-order valence-electron chi connectivity index (χ0n) is 11.4. The van der Waals surface area contributed by atoms with Crippen LogP contribution in [0.4, 0.5) is 0 Å². The molecule has 2 nitrogen and oxygen atoms in total. The normalized spacial score (nSPS) is 11.5. The Morgan fingerprint density at radius 2 is 2.26 bits per heavy atom. The number of halogens is 1. The highest BCUT2D eigenvalue weighted by Crippen LogP contribution is 2.15. The van der Waals surface area contributed by atoms with Gasteiger partial charge in [0.15, 0.2) is 0 Å². The van der Waals surface area contributed by atoms with Gasteiger partial charge in [-0.3, -0.25) is 0 Å². The van der Waals surface area contributed by atoms with Crippen molar-refractivity contribution in [3.05, 3.63) is 46.5 Å². The van der Waals surface area contributed by atoms with Crippen LogP contribution in [0.15, 0.2) is 35.3 Å². The van der Waals surface area contributed by atoms with Crippen molar-refractivity contribution in [2.45, 2.75) is 25.9 Å². The molecule has 0 saturated heterocycles. The molecule has 0 amide bonds. The van der Waals surface area contributed by atoms with Crippen LogP contribution in [-0.2, 0) is 9.47 Å². The minimum atomic E-state index is -0.00198. The molecule has 1 aromatic rings. The maximum absolute atomic E-state index is 5.42. The van der Waals surface area contributed by atoms with Gasteiger partial charge in [0.2, 0.25) is 0 Å². The van der Waals surface area contributed by atoms with Crippen LogP contribution in [0.1, 0.15) is 24.0 Å². The summed E-state index contributed by atoms with van der Waals surface area (Å²) in [5, 5.41) is 0. The van der Waals surface area contributed by atoms with Crippen molar-refractivity contribution in [3.63, 3.8) is 0 Å². The second kappa shape index (κ2) is 8.92. The number of rotatable bonds is 6. The fourth-order valence-electron chi connectivity index (χ4n) is 1.53. The number of hydrogen-bond acceptors (Lipinski definition) is 2. The summed E-state index contributed by atoms with van der Waals surface area (Å²) in [6.07, 6.45) is 3.38. The minimum absolute atomic E-state index is 0.00198. The average Bonchev–Trinajstić information content (AvgIpc) is 2.41. The summed E-state index contributed by atoms with van der Waals surface area (Å²) in [4.78, 5) is 0. The van der Waals surface area contributed by atoms with Crippen molar-refractivity contribution in [2.24, 2.45) is 0 Å². The van der Waals surface area contributed by atoms with E-state index in [0.717, 1.165) is 22.9 Å². The van der Waals surface area contributed by atoms with Gasteiger partial charge in [-0.1, -0.05) is 39.9 Å². The third-order valence-electron chi connectivity index (χ3n) is 2.64.